The van der Waals surface area contributed by atoms with E-state index in [-0.39, 0.29) is 5.69 Å². The molecule has 0 amide bonds. The third-order valence-corrected chi connectivity index (χ3v) is 2.76. The van der Waals surface area contributed by atoms with Gasteiger partial charge in [0.25, 0.3) is 5.69 Å². The van der Waals surface area contributed by atoms with Crippen LogP contribution in [0.5, 0.6) is 0 Å². The van der Waals surface area contributed by atoms with Crippen LogP contribution in [0.4, 0.5) is 11.4 Å². The average Bonchev–Trinajstić information content (AvgIpc) is 2.83. The molecule has 1 aromatic heterocycles. The first kappa shape index (κ1) is 13.0. The van der Waals surface area contributed by atoms with Gasteiger partial charge in [0, 0.05) is 24.4 Å². The molecule has 0 aliphatic carbocycles. The molecule has 2 rings (SSSR count). The van der Waals surface area contributed by atoms with Crippen LogP contribution in [0.3, 0.4) is 0 Å². The van der Waals surface area contributed by atoms with E-state index in [4.69, 9.17) is 0 Å². The standard InChI is InChI=1S/C12H15N5O2/c1-3-16-8-14-15-12(16)7-13-10-4-9(2)5-11(6-10)17(18)19/h4-6,8,13H,3,7H2,1-2H3. The Bertz CT molecular complexity index is 594. The zero-order valence-electron chi connectivity index (χ0n) is 10.8. The number of anilines is 1. The summed E-state index contributed by atoms with van der Waals surface area (Å²) in [5.41, 5.74) is 1.63. The van der Waals surface area contributed by atoms with Crippen LogP contribution in [-0.4, -0.2) is 19.7 Å². The van der Waals surface area contributed by atoms with E-state index in [1.165, 1.54) is 6.07 Å². The molecular formula is C12H15N5O2. The van der Waals surface area contributed by atoms with Gasteiger partial charge in [0.15, 0.2) is 5.82 Å². The normalized spacial score (nSPS) is 10.4. The van der Waals surface area contributed by atoms with Gasteiger partial charge in [-0.05, 0) is 25.5 Å². The van der Waals surface area contributed by atoms with Crippen LogP contribution in [0.2, 0.25) is 0 Å². The van der Waals surface area contributed by atoms with Crippen molar-refractivity contribution in [3.63, 3.8) is 0 Å². The Kier molecular flexibility index (Phi) is 3.74. The van der Waals surface area contributed by atoms with Crippen molar-refractivity contribution in [3.8, 4) is 0 Å². The lowest BCUT2D eigenvalue weighted by Crippen LogP contribution is -2.07. The first-order chi connectivity index (χ1) is 9.10. The lowest BCUT2D eigenvalue weighted by molar-refractivity contribution is -0.384. The van der Waals surface area contributed by atoms with E-state index in [2.05, 4.69) is 15.5 Å². The van der Waals surface area contributed by atoms with E-state index in [9.17, 15) is 10.1 Å². The number of rotatable bonds is 5. The maximum atomic E-state index is 10.8. The topological polar surface area (TPSA) is 85.9 Å². The van der Waals surface area contributed by atoms with Gasteiger partial charge in [0.2, 0.25) is 0 Å². The Hall–Kier alpha value is -2.44. The minimum absolute atomic E-state index is 0.0828. The molecule has 0 aliphatic heterocycles. The molecule has 0 spiro atoms. The smallest absolute Gasteiger partial charge is 0.271 e. The molecule has 0 fully saturated rings. The Balaban J connectivity index is 2.13. The lowest BCUT2D eigenvalue weighted by Gasteiger charge is -2.07. The number of non-ortho nitro benzene ring substituents is 1. The fraction of sp³-hybridized carbons (Fsp3) is 0.333. The van der Waals surface area contributed by atoms with Crippen molar-refractivity contribution in [1.29, 1.82) is 0 Å². The first-order valence-electron chi connectivity index (χ1n) is 5.96. The molecule has 1 aromatic carbocycles. The molecule has 0 aliphatic rings. The Morgan fingerprint density at radius 3 is 2.89 bits per heavy atom. The van der Waals surface area contributed by atoms with E-state index < -0.39 is 4.92 Å². The van der Waals surface area contributed by atoms with E-state index in [0.717, 1.165) is 17.9 Å². The third-order valence-electron chi connectivity index (χ3n) is 2.76. The highest BCUT2D eigenvalue weighted by Crippen LogP contribution is 2.20. The molecule has 19 heavy (non-hydrogen) atoms. The second kappa shape index (κ2) is 5.47. The van der Waals surface area contributed by atoms with Gasteiger partial charge >= 0.3 is 0 Å². The maximum absolute atomic E-state index is 10.8. The zero-order valence-corrected chi connectivity index (χ0v) is 10.8. The molecule has 0 saturated carbocycles. The summed E-state index contributed by atoms with van der Waals surface area (Å²) in [6, 6.07) is 4.92. The SMILES string of the molecule is CCn1cnnc1CNc1cc(C)cc([N+](=O)[O-])c1. The first-order valence-corrected chi connectivity index (χ1v) is 5.96. The number of benzene rings is 1. The summed E-state index contributed by atoms with van der Waals surface area (Å²) in [6.45, 7) is 5.10. The summed E-state index contributed by atoms with van der Waals surface area (Å²) >= 11 is 0. The van der Waals surface area contributed by atoms with Crippen LogP contribution in [0.25, 0.3) is 0 Å². The van der Waals surface area contributed by atoms with Gasteiger partial charge in [-0.1, -0.05) is 0 Å². The van der Waals surface area contributed by atoms with E-state index in [1.807, 2.05) is 24.5 Å². The van der Waals surface area contributed by atoms with Gasteiger partial charge in [-0.25, -0.2) is 0 Å². The van der Waals surface area contributed by atoms with Gasteiger partial charge in [-0.2, -0.15) is 0 Å². The largest absolute Gasteiger partial charge is 0.378 e. The molecule has 7 heteroatoms. The molecule has 0 radical (unpaired) electrons. The molecule has 100 valence electrons. The molecule has 7 nitrogen and oxygen atoms in total. The van der Waals surface area contributed by atoms with Gasteiger partial charge < -0.3 is 9.88 Å². The minimum Gasteiger partial charge on any atom is -0.378 e. The fourth-order valence-corrected chi connectivity index (χ4v) is 1.83. The molecular weight excluding hydrogens is 246 g/mol. The molecule has 0 unspecified atom stereocenters. The van der Waals surface area contributed by atoms with Crippen LogP contribution in [0, 0.1) is 17.0 Å². The highest BCUT2D eigenvalue weighted by atomic mass is 16.6. The Labute approximate surface area is 110 Å². The monoisotopic (exact) mass is 261 g/mol. The highest BCUT2D eigenvalue weighted by Gasteiger charge is 2.09. The lowest BCUT2D eigenvalue weighted by atomic mass is 10.2. The Morgan fingerprint density at radius 2 is 2.21 bits per heavy atom. The van der Waals surface area contributed by atoms with E-state index >= 15 is 0 Å². The number of aromatic nitrogens is 3. The molecule has 2 aromatic rings. The van der Waals surface area contributed by atoms with Crippen molar-refractivity contribution in [2.75, 3.05) is 5.32 Å². The van der Waals surface area contributed by atoms with Crippen LogP contribution < -0.4 is 5.32 Å². The summed E-state index contributed by atoms with van der Waals surface area (Å²) in [4.78, 5) is 10.4. The molecule has 0 bridgehead atoms. The van der Waals surface area contributed by atoms with Crippen molar-refractivity contribution in [3.05, 3.63) is 46.0 Å². The number of aryl methyl sites for hydroxylation is 2. The van der Waals surface area contributed by atoms with Gasteiger partial charge in [0.1, 0.15) is 6.33 Å². The van der Waals surface area contributed by atoms with E-state index in [0.29, 0.717) is 12.2 Å². The molecule has 1 heterocycles. The summed E-state index contributed by atoms with van der Waals surface area (Å²) in [7, 11) is 0. The van der Waals surface area contributed by atoms with Crippen molar-refractivity contribution in [2.45, 2.75) is 26.9 Å². The van der Waals surface area contributed by atoms with Crippen LogP contribution in [0.15, 0.2) is 24.5 Å². The fourth-order valence-electron chi connectivity index (χ4n) is 1.83. The number of nitrogens with zero attached hydrogens (tertiary/aromatic N) is 4. The minimum atomic E-state index is -0.396. The van der Waals surface area contributed by atoms with Crippen molar-refractivity contribution in [2.24, 2.45) is 0 Å². The molecule has 0 saturated heterocycles. The summed E-state index contributed by atoms with van der Waals surface area (Å²) in [5.74, 6) is 0.798. The summed E-state index contributed by atoms with van der Waals surface area (Å²) < 4.78 is 1.91. The second-order valence-corrected chi connectivity index (χ2v) is 4.20. The summed E-state index contributed by atoms with van der Waals surface area (Å²) in [5, 5.41) is 21.8. The second-order valence-electron chi connectivity index (χ2n) is 4.20. The number of nitro benzene ring substituents is 1. The number of hydrogen-bond acceptors (Lipinski definition) is 5. The third kappa shape index (κ3) is 3.06. The van der Waals surface area contributed by atoms with Gasteiger partial charge in [-0.3, -0.25) is 10.1 Å². The number of nitrogens with one attached hydrogen (secondary N) is 1. The van der Waals surface area contributed by atoms with Crippen molar-refractivity contribution in [1.82, 2.24) is 14.8 Å². The number of hydrogen-bond donors (Lipinski definition) is 1. The maximum Gasteiger partial charge on any atom is 0.271 e. The van der Waals surface area contributed by atoms with E-state index in [1.54, 1.807) is 12.4 Å². The predicted molar refractivity (Wildman–Crippen MR) is 70.9 cm³/mol. The van der Waals surface area contributed by atoms with Gasteiger partial charge in [0.05, 0.1) is 11.5 Å². The van der Waals surface area contributed by atoms with Crippen LogP contribution in [-0.2, 0) is 13.1 Å². The zero-order chi connectivity index (χ0) is 13.8. The number of nitro groups is 1. The average molecular weight is 261 g/mol. The predicted octanol–water partition coefficient (Wildman–Crippen LogP) is 2.13. The highest BCUT2D eigenvalue weighted by molar-refractivity contribution is 5.53. The van der Waals surface area contributed by atoms with Gasteiger partial charge in [-0.15, -0.1) is 10.2 Å². The van der Waals surface area contributed by atoms with Crippen molar-refractivity contribution < 1.29 is 4.92 Å². The van der Waals surface area contributed by atoms with Crippen LogP contribution in [0.1, 0.15) is 18.3 Å². The van der Waals surface area contributed by atoms with Crippen LogP contribution >= 0.6 is 0 Å². The molecule has 0 atom stereocenters. The quantitative estimate of drug-likeness (QED) is 0.658. The molecule has 1 N–H and O–H groups in total. The Morgan fingerprint density at radius 1 is 1.42 bits per heavy atom. The van der Waals surface area contributed by atoms with Crippen molar-refractivity contribution >= 4 is 11.4 Å². The summed E-state index contributed by atoms with van der Waals surface area (Å²) in [6.07, 6.45) is 1.66.